The lowest BCUT2D eigenvalue weighted by Gasteiger charge is -2.15. The maximum absolute atomic E-state index is 13.1. The van der Waals surface area contributed by atoms with E-state index in [0.29, 0.717) is 67.5 Å². The van der Waals surface area contributed by atoms with Crippen LogP contribution in [0.25, 0.3) is 12.2 Å². The second kappa shape index (κ2) is 24.9. The third kappa shape index (κ3) is 13.2. The Bertz CT molecular complexity index is 3440. The van der Waals surface area contributed by atoms with Crippen LogP contribution in [0.5, 0.6) is 23.0 Å². The van der Waals surface area contributed by atoms with Gasteiger partial charge in [0.15, 0.2) is 46.1 Å². The largest absolute Gasteiger partial charge is 0.485 e. The Kier molecular flexibility index (Phi) is 16.4. The minimum absolute atomic E-state index is 0.0508. The molecule has 8 nitrogen and oxygen atoms in total. The van der Waals surface area contributed by atoms with Crippen LogP contribution in [0.1, 0.15) is 97.1 Å². The minimum Gasteiger partial charge on any atom is -0.485 e. The Labute approximate surface area is 453 Å². The maximum atomic E-state index is 13.1. The second-order valence-corrected chi connectivity index (χ2v) is 18.5. The average molecular weight is 1020 g/mol. The summed E-state index contributed by atoms with van der Waals surface area (Å²) >= 11 is 0. The van der Waals surface area contributed by atoms with Crippen LogP contribution in [0.15, 0.2) is 255 Å². The molecule has 8 heteroatoms. The predicted molar refractivity (Wildman–Crippen MR) is 304 cm³/mol. The molecule has 0 aromatic heterocycles. The first-order chi connectivity index (χ1) is 38.3. The van der Waals surface area contributed by atoms with E-state index >= 15 is 0 Å². The van der Waals surface area contributed by atoms with Crippen LogP contribution in [0.4, 0.5) is 0 Å². The summed E-state index contributed by atoms with van der Waals surface area (Å²) in [7, 11) is 0. The van der Waals surface area contributed by atoms with Gasteiger partial charge < -0.3 is 18.9 Å². The van der Waals surface area contributed by atoms with Gasteiger partial charge in [0.05, 0.1) is 0 Å². The van der Waals surface area contributed by atoms with Crippen molar-refractivity contribution in [1.82, 2.24) is 0 Å². The summed E-state index contributed by atoms with van der Waals surface area (Å²) in [6, 6.07) is 77.8. The first kappa shape index (κ1) is 51.3. The molecule has 0 unspecified atom stereocenters. The van der Waals surface area contributed by atoms with E-state index in [9.17, 15) is 19.2 Å². The van der Waals surface area contributed by atoms with E-state index in [4.69, 9.17) is 18.9 Å². The average Bonchev–Trinajstić information content (AvgIpc) is 3.52. The van der Waals surface area contributed by atoms with Gasteiger partial charge in [-0.3, -0.25) is 19.2 Å². The number of rotatable bonds is 22. The summed E-state index contributed by atoms with van der Waals surface area (Å²) in [5.41, 5.74) is 10.0. The van der Waals surface area contributed by atoms with E-state index in [2.05, 4.69) is 0 Å². The molecule has 0 heterocycles. The Morgan fingerprint density at radius 2 is 0.462 bits per heavy atom. The summed E-state index contributed by atoms with van der Waals surface area (Å²) in [6.45, 7) is 0.885. The lowest BCUT2D eigenvalue weighted by molar-refractivity contribution is 0.103. The molecule has 10 aromatic carbocycles. The van der Waals surface area contributed by atoms with Crippen molar-refractivity contribution in [2.45, 2.75) is 26.4 Å². The van der Waals surface area contributed by atoms with Gasteiger partial charge in [0.2, 0.25) is 0 Å². The lowest BCUT2D eigenvalue weighted by Crippen LogP contribution is -2.04. The normalized spacial score (nSPS) is 10.9. The smallest absolute Gasteiger partial charge is 0.193 e. The highest BCUT2D eigenvalue weighted by Gasteiger charge is 2.15. The van der Waals surface area contributed by atoms with Gasteiger partial charge in [-0.25, -0.2) is 0 Å². The van der Waals surface area contributed by atoms with Crippen molar-refractivity contribution in [2.75, 3.05) is 0 Å². The van der Waals surface area contributed by atoms with Crippen molar-refractivity contribution in [3.05, 3.63) is 333 Å². The van der Waals surface area contributed by atoms with E-state index in [0.717, 1.165) is 33.4 Å². The van der Waals surface area contributed by atoms with Crippen molar-refractivity contribution in [1.29, 1.82) is 0 Å². The van der Waals surface area contributed by atoms with Crippen molar-refractivity contribution in [3.63, 3.8) is 0 Å². The van der Waals surface area contributed by atoms with Crippen molar-refractivity contribution in [3.8, 4) is 23.0 Å². The van der Waals surface area contributed by atoms with Crippen LogP contribution in [-0.4, -0.2) is 23.1 Å². The SMILES string of the molecule is O=C(c1ccccc1)c1ccc(COc2ccc(/C=C/c3ccc(OCc4ccc(C(=O)c5ccccc5)cc4)c(OCc4ccc(C(=O)c5ccccc5)cc4)c3)cc2OCc2ccc(C(=O)c3ccccc3)cc2)cc1. The van der Waals surface area contributed by atoms with Crippen LogP contribution in [0.3, 0.4) is 0 Å². The van der Waals surface area contributed by atoms with Gasteiger partial charge in [-0.1, -0.05) is 243 Å². The Morgan fingerprint density at radius 1 is 0.244 bits per heavy atom. The van der Waals surface area contributed by atoms with Gasteiger partial charge in [0.1, 0.15) is 26.4 Å². The molecule has 10 rings (SSSR count). The van der Waals surface area contributed by atoms with Gasteiger partial charge in [0, 0.05) is 44.5 Å². The summed E-state index contributed by atoms with van der Waals surface area (Å²) < 4.78 is 25.8. The number of hydrogen-bond donors (Lipinski definition) is 0. The molecule has 0 radical (unpaired) electrons. The zero-order valence-electron chi connectivity index (χ0n) is 42.5. The molecule has 10 aromatic rings. The van der Waals surface area contributed by atoms with Gasteiger partial charge in [-0.2, -0.15) is 0 Å². The fraction of sp³-hybridized carbons (Fsp3) is 0.0571. The molecule has 0 fully saturated rings. The van der Waals surface area contributed by atoms with Crippen LogP contribution >= 0.6 is 0 Å². The number of carbonyl (C=O) groups is 4. The predicted octanol–water partition coefficient (Wildman–Crippen LogP) is 15.1. The van der Waals surface area contributed by atoms with E-state index in [1.54, 1.807) is 48.5 Å². The summed E-state index contributed by atoms with van der Waals surface area (Å²) in [5.74, 6) is 1.87. The molecule has 0 atom stereocenters. The molecule has 0 saturated heterocycles. The molecule has 0 bridgehead atoms. The fourth-order valence-corrected chi connectivity index (χ4v) is 8.59. The molecule has 0 amide bonds. The fourth-order valence-electron chi connectivity index (χ4n) is 8.59. The molecule has 0 saturated carbocycles. The van der Waals surface area contributed by atoms with Gasteiger partial charge in [-0.05, 0) is 57.6 Å². The van der Waals surface area contributed by atoms with Gasteiger partial charge >= 0.3 is 0 Å². The number of benzene rings is 10. The summed E-state index contributed by atoms with van der Waals surface area (Å²) in [5, 5.41) is 0. The highest BCUT2D eigenvalue weighted by Crippen LogP contribution is 2.34. The van der Waals surface area contributed by atoms with Crippen LogP contribution in [0.2, 0.25) is 0 Å². The van der Waals surface area contributed by atoms with E-state index in [-0.39, 0.29) is 49.6 Å². The quantitative estimate of drug-likeness (QED) is 0.0488. The molecular formula is C70H52O8. The Balaban J connectivity index is 0.875. The molecule has 0 aliphatic heterocycles. The van der Waals surface area contributed by atoms with Crippen LogP contribution < -0.4 is 18.9 Å². The number of ketones is 4. The zero-order chi connectivity index (χ0) is 53.5. The topological polar surface area (TPSA) is 105 Å². The molecule has 0 aliphatic carbocycles. The molecule has 380 valence electrons. The molecule has 0 spiro atoms. The van der Waals surface area contributed by atoms with Crippen LogP contribution in [-0.2, 0) is 26.4 Å². The maximum Gasteiger partial charge on any atom is 0.193 e. The number of ether oxygens (including phenoxy) is 4. The summed E-state index contributed by atoms with van der Waals surface area (Å²) in [6.07, 6.45) is 3.95. The minimum atomic E-state index is -0.0556. The molecule has 0 aliphatic rings. The number of hydrogen-bond acceptors (Lipinski definition) is 8. The van der Waals surface area contributed by atoms with E-state index in [1.165, 1.54) is 0 Å². The monoisotopic (exact) mass is 1020 g/mol. The van der Waals surface area contributed by atoms with Crippen molar-refractivity contribution < 1.29 is 38.1 Å². The lowest BCUT2D eigenvalue weighted by atomic mass is 10.0. The Morgan fingerprint density at radius 3 is 0.705 bits per heavy atom. The van der Waals surface area contributed by atoms with E-state index < -0.39 is 0 Å². The molecule has 0 N–H and O–H groups in total. The van der Waals surface area contributed by atoms with Gasteiger partial charge in [-0.15, -0.1) is 0 Å². The standard InChI is InChI=1S/C70H52O8/c71-67(55-13-5-1-6-14-55)59-33-23-51(24-34-59)45-75-63-41-31-49(43-65(63)77-47-53-27-37-61(38-28-53)69(73)57-17-9-3-10-18-57)21-22-50-32-42-64(76-46-52-25-35-60(36-26-52)68(72)56-15-7-2-8-16-56)66(44-50)78-48-54-29-39-62(40-30-54)70(74)58-19-11-4-12-20-58/h1-44H,45-48H2/b22-21+. The number of carbonyl (C=O) groups excluding carboxylic acids is 4. The zero-order valence-corrected chi connectivity index (χ0v) is 42.5. The Hall–Kier alpha value is -10.2. The summed E-state index contributed by atoms with van der Waals surface area (Å²) in [4.78, 5) is 52.4. The third-order valence-corrected chi connectivity index (χ3v) is 13.0. The van der Waals surface area contributed by atoms with Crippen LogP contribution in [0, 0.1) is 0 Å². The highest BCUT2D eigenvalue weighted by atomic mass is 16.5. The van der Waals surface area contributed by atoms with Gasteiger partial charge in [0.25, 0.3) is 0 Å². The first-order valence-electron chi connectivity index (χ1n) is 25.5. The second-order valence-electron chi connectivity index (χ2n) is 18.5. The molecular weight excluding hydrogens is 969 g/mol. The van der Waals surface area contributed by atoms with Crippen molar-refractivity contribution >= 4 is 35.3 Å². The first-order valence-corrected chi connectivity index (χ1v) is 25.5. The molecule has 78 heavy (non-hydrogen) atoms. The van der Waals surface area contributed by atoms with Crippen molar-refractivity contribution in [2.24, 2.45) is 0 Å². The third-order valence-electron chi connectivity index (χ3n) is 13.0. The highest BCUT2D eigenvalue weighted by molar-refractivity contribution is 6.10. The van der Waals surface area contributed by atoms with E-state index in [1.807, 2.05) is 218 Å².